The van der Waals surface area contributed by atoms with E-state index in [1.807, 2.05) is 0 Å². The zero-order chi connectivity index (χ0) is 28.2. The molecule has 1 N–H and O–H groups in total. The summed E-state index contributed by atoms with van der Waals surface area (Å²) in [7, 11) is 1.30. The third-order valence-electron chi connectivity index (χ3n) is 6.26. The number of ether oxygens (including phenoxy) is 1. The van der Waals surface area contributed by atoms with Crippen LogP contribution < -0.4 is 5.32 Å². The van der Waals surface area contributed by atoms with Crippen molar-refractivity contribution in [3.8, 4) is 5.69 Å². The Morgan fingerprint density at radius 1 is 1.15 bits per heavy atom. The molecule has 4 aromatic rings. The molecule has 13 heteroatoms. The summed E-state index contributed by atoms with van der Waals surface area (Å²) in [4.78, 5) is 44.9. The smallest absolute Gasteiger partial charge is 0.337 e. The van der Waals surface area contributed by atoms with Gasteiger partial charge >= 0.3 is 5.97 Å². The number of halogens is 2. The first kappa shape index (κ1) is 27.2. The van der Waals surface area contributed by atoms with E-state index < -0.39 is 17.9 Å². The van der Waals surface area contributed by atoms with Crippen LogP contribution in [-0.4, -0.2) is 61.5 Å². The highest BCUT2D eigenvalue weighted by atomic mass is 79.9. The van der Waals surface area contributed by atoms with Gasteiger partial charge in [0.25, 0.3) is 5.91 Å². The lowest BCUT2D eigenvalue weighted by Crippen LogP contribution is -2.45. The summed E-state index contributed by atoms with van der Waals surface area (Å²) in [6.45, 7) is 0.277. The number of tetrazole rings is 1. The van der Waals surface area contributed by atoms with E-state index in [1.165, 1.54) is 29.1 Å². The Balaban J connectivity index is 1.44. The number of pyridine rings is 1. The maximum Gasteiger partial charge on any atom is 0.337 e. The topological polar surface area (TPSA) is 132 Å². The second kappa shape index (κ2) is 11.8. The highest BCUT2D eigenvalue weighted by molar-refractivity contribution is 9.10. The molecule has 0 radical (unpaired) electrons. The summed E-state index contributed by atoms with van der Waals surface area (Å²) >= 11 is 9.64. The van der Waals surface area contributed by atoms with Gasteiger partial charge in [-0.1, -0.05) is 11.6 Å². The monoisotopic (exact) mass is 621 g/mol. The fourth-order valence-corrected chi connectivity index (χ4v) is 4.92. The summed E-state index contributed by atoms with van der Waals surface area (Å²) in [5.41, 5.74) is 3.39. The molecule has 1 aliphatic rings. The number of carbonyl (C=O) groups excluding carboxylic acids is 3. The number of anilines is 1. The van der Waals surface area contributed by atoms with Gasteiger partial charge in [-0.15, -0.1) is 5.10 Å². The van der Waals surface area contributed by atoms with Gasteiger partial charge in [0.2, 0.25) is 5.91 Å². The van der Waals surface area contributed by atoms with Gasteiger partial charge in [0.1, 0.15) is 12.4 Å². The van der Waals surface area contributed by atoms with Crippen molar-refractivity contribution in [1.29, 1.82) is 0 Å². The number of amides is 2. The molecular formula is C27H21BrClN7O4. The minimum atomic E-state index is -0.954. The van der Waals surface area contributed by atoms with Gasteiger partial charge in [0.05, 0.1) is 18.4 Å². The quantitative estimate of drug-likeness (QED) is 0.252. The minimum Gasteiger partial charge on any atom is -0.465 e. The summed E-state index contributed by atoms with van der Waals surface area (Å²) < 4.78 is 6.87. The number of benzene rings is 2. The van der Waals surface area contributed by atoms with E-state index in [-0.39, 0.29) is 12.5 Å². The number of rotatable bonds is 6. The molecule has 2 amide bonds. The first-order valence-electron chi connectivity index (χ1n) is 12.0. The fraction of sp³-hybridized carbons (Fsp3) is 0.148. The Morgan fingerprint density at radius 2 is 1.95 bits per heavy atom. The van der Waals surface area contributed by atoms with Crippen LogP contribution in [0, 0.1) is 0 Å². The van der Waals surface area contributed by atoms with Crippen molar-refractivity contribution in [2.24, 2.45) is 0 Å². The number of methoxy groups -OCH3 is 1. The standard InChI is InChI=1S/C27H21BrClN7O4/c1-40-27(39)16-2-6-20(7-3-16)32-26(38)25-21-13-18(28)14-30-22(21)10-11-35(25)24(37)9-4-17-12-19(29)5-8-23(17)36-15-31-33-34-36/h2-9,12-15,25H,10-11H2,1H3,(H,32,38)/b9-4+. The molecule has 1 aliphatic heterocycles. The first-order chi connectivity index (χ1) is 19.3. The van der Waals surface area contributed by atoms with Gasteiger partial charge in [-0.05, 0) is 81.0 Å². The number of hydrogen-bond donors (Lipinski definition) is 1. The van der Waals surface area contributed by atoms with Crippen LogP contribution in [0.15, 0.2) is 71.6 Å². The first-order valence-corrected chi connectivity index (χ1v) is 13.2. The van der Waals surface area contributed by atoms with Crippen molar-refractivity contribution in [3.63, 3.8) is 0 Å². The van der Waals surface area contributed by atoms with Crippen molar-refractivity contribution in [1.82, 2.24) is 30.1 Å². The lowest BCUT2D eigenvalue weighted by atomic mass is 9.95. The van der Waals surface area contributed by atoms with E-state index in [1.54, 1.807) is 60.8 Å². The molecule has 0 saturated heterocycles. The van der Waals surface area contributed by atoms with E-state index >= 15 is 0 Å². The summed E-state index contributed by atoms with van der Waals surface area (Å²) in [5.74, 6) is -1.29. The van der Waals surface area contributed by atoms with Crippen LogP contribution in [0.1, 0.15) is 33.2 Å². The number of esters is 1. The van der Waals surface area contributed by atoms with Gasteiger partial charge in [0.15, 0.2) is 0 Å². The van der Waals surface area contributed by atoms with Crippen LogP contribution >= 0.6 is 27.5 Å². The van der Waals surface area contributed by atoms with Crippen molar-refractivity contribution >= 4 is 57.1 Å². The van der Waals surface area contributed by atoms with Crippen molar-refractivity contribution in [2.75, 3.05) is 19.0 Å². The van der Waals surface area contributed by atoms with E-state index in [2.05, 4.69) is 41.8 Å². The number of aromatic nitrogens is 5. The average Bonchev–Trinajstić information content (AvgIpc) is 3.50. The van der Waals surface area contributed by atoms with Gasteiger partial charge in [-0.2, -0.15) is 4.68 Å². The predicted octanol–water partition coefficient (Wildman–Crippen LogP) is 4.04. The van der Waals surface area contributed by atoms with Gasteiger partial charge < -0.3 is 15.0 Å². The molecule has 2 aromatic heterocycles. The van der Waals surface area contributed by atoms with Crippen molar-refractivity contribution in [2.45, 2.75) is 12.5 Å². The van der Waals surface area contributed by atoms with Crippen LogP contribution in [0.5, 0.6) is 0 Å². The molecule has 0 aliphatic carbocycles. The molecule has 2 aromatic carbocycles. The van der Waals surface area contributed by atoms with Crippen LogP contribution in [0.25, 0.3) is 11.8 Å². The predicted molar refractivity (Wildman–Crippen MR) is 150 cm³/mol. The Labute approximate surface area is 241 Å². The number of fused-ring (bicyclic) bond motifs is 1. The minimum absolute atomic E-state index is 0.277. The molecule has 0 saturated carbocycles. The second-order valence-corrected chi connectivity index (χ2v) is 10.1. The lowest BCUT2D eigenvalue weighted by molar-refractivity contribution is -0.135. The van der Waals surface area contributed by atoms with Crippen LogP contribution in [-0.2, 0) is 20.7 Å². The van der Waals surface area contributed by atoms with Crippen LogP contribution in [0.3, 0.4) is 0 Å². The van der Waals surface area contributed by atoms with Gasteiger partial charge in [0, 0.05) is 57.2 Å². The molecule has 0 fully saturated rings. The van der Waals surface area contributed by atoms with Gasteiger partial charge in [-0.25, -0.2) is 4.79 Å². The fourth-order valence-electron chi connectivity index (χ4n) is 4.39. The zero-order valence-electron chi connectivity index (χ0n) is 21.0. The Bertz CT molecular complexity index is 1610. The second-order valence-electron chi connectivity index (χ2n) is 8.72. The highest BCUT2D eigenvalue weighted by Crippen LogP contribution is 2.32. The zero-order valence-corrected chi connectivity index (χ0v) is 23.3. The normalized spacial score (nSPS) is 14.6. The molecule has 0 spiro atoms. The Morgan fingerprint density at radius 3 is 2.67 bits per heavy atom. The molecule has 40 heavy (non-hydrogen) atoms. The largest absolute Gasteiger partial charge is 0.465 e. The highest BCUT2D eigenvalue weighted by Gasteiger charge is 2.36. The SMILES string of the molecule is COC(=O)c1ccc(NC(=O)C2c3cc(Br)cnc3CCN2C(=O)/C=C/c2cc(Cl)ccc2-n2cnnn2)cc1. The molecule has 11 nitrogen and oxygen atoms in total. The van der Waals surface area contributed by atoms with Crippen molar-refractivity contribution in [3.05, 3.63) is 99.0 Å². The maximum absolute atomic E-state index is 13.7. The molecule has 0 bridgehead atoms. The van der Waals surface area contributed by atoms with Crippen LogP contribution in [0.2, 0.25) is 5.02 Å². The lowest BCUT2D eigenvalue weighted by Gasteiger charge is -2.35. The van der Waals surface area contributed by atoms with E-state index in [9.17, 15) is 14.4 Å². The number of carbonyl (C=O) groups is 3. The summed E-state index contributed by atoms with van der Waals surface area (Å²) in [5, 5.41) is 14.6. The van der Waals surface area contributed by atoms with E-state index in [4.69, 9.17) is 16.3 Å². The molecule has 5 rings (SSSR count). The molecule has 202 valence electrons. The third kappa shape index (κ3) is 5.77. The number of hydrogen-bond acceptors (Lipinski definition) is 8. The molecule has 1 unspecified atom stereocenters. The summed E-state index contributed by atoms with van der Waals surface area (Å²) in [6, 6.07) is 12.3. The third-order valence-corrected chi connectivity index (χ3v) is 6.93. The summed E-state index contributed by atoms with van der Waals surface area (Å²) in [6.07, 6.45) is 6.58. The molecular weight excluding hydrogens is 602 g/mol. The van der Waals surface area contributed by atoms with Crippen LogP contribution in [0.4, 0.5) is 5.69 Å². The number of nitrogens with zero attached hydrogens (tertiary/aromatic N) is 6. The Kier molecular flexibility index (Phi) is 7.99. The van der Waals surface area contributed by atoms with Crippen molar-refractivity contribution < 1.29 is 19.1 Å². The maximum atomic E-state index is 13.7. The molecule has 3 heterocycles. The molecule has 1 atom stereocenters. The number of nitrogens with one attached hydrogen (secondary N) is 1. The average molecular weight is 623 g/mol. The Hall–Kier alpha value is -4.42. The van der Waals surface area contributed by atoms with E-state index in [0.717, 1.165) is 5.69 Å². The van der Waals surface area contributed by atoms with Gasteiger partial charge in [-0.3, -0.25) is 14.6 Å². The van der Waals surface area contributed by atoms with E-state index in [0.29, 0.717) is 44.0 Å².